The van der Waals surface area contributed by atoms with Crippen molar-refractivity contribution in [1.82, 2.24) is 0 Å². The molecule has 7 nitrogen and oxygen atoms in total. The second-order valence-corrected chi connectivity index (χ2v) is 10.7. The maximum absolute atomic E-state index is 13.5. The van der Waals surface area contributed by atoms with Crippen molar-refractivity contribution in [3.05, 3.63) is 23.8 Å². The molecule has 0 spiro atoms. The van der Waals surface area contributed by atoms with Crippen LogP contribution in [-0.2, 0) is 23.9 Å². The zero-order valence-corrected chi connectivity index (χ0v) is 19.1. The van der Waals surface area contributed by atoms with E-state index in [1.54, 1.807) is 19.1 Å². The molecule has 0 bridgehead atoms. The molecule has 1 N–H and O–H groups in total. The van der Waals surface area contributed by atoms with Crippen LogP contribution in [0.3, 0.4) is 0 Å². The van der Waals surface area contributed by atoms with Crippen molar-refractivity contribution in [3.63, 3.8) is 0 Å². The van der Waals surface area contributed by atoms with Crippen molar-refractivity contribution < 1.29 is 29.0 Å². The van der Waals surface area contributed by atoms with Gasteiger partial charge < -0.3 is 14.6 Å². The second kappa shape index (κ2) is 6.86. The summed E-state index contributed by atoms with van der Waals surface area (Å²) in [6, 6.07) is 0. The van der Waals surface area contributed by atoms with Gasteiger partial charge in [-0.05, 0) is 49.7 Å². The number of carbonyl (C=O) groups excluding carboxylic acids is 3. The monoisotopic (exact) mass is 441 g/mol. The molecule has 0 saturated heterocycles. The zero-order chi connectivity index (χ0) is 23.1. The molecule has 0 aromatic carbocycles. The number of hydrogen-bond acceptors (Lipinski definition) is 7. The lowest BCUT2D eigenvalue weighted by Crippen LogP contribution is -2.62. The van der Waals surface area contributed by atoms with Gasteiger partial charge in [0.15, 0.2) is 23.8 Å². The molecule has 32 heavy (non-hydrogen) atoms. The number of esters is 1. The summed E-state index contributed by atoms with van der Waals surface area (Å²) >= 11 is 0. The summed E-state index contributed by atoms with van der Waals surface area (Å²) in [5.74, 6) is -0.0140. The van der Waals surface area contributed by atoms with Crippen molar-refractivity contribution in [2.75, 3.05) is 6.61 Å². The normalized spacial score (nSPS) is 46.2. The summed E-state index contributed by atoms with van der Waals surface area (Å²) < 4.78 is 11.2. The van der Waals surface area contributed by atoms with E-state index >= 15 is 0 Å². The van der Waals surface area contributed by atoms with Crippen LogP contribution >= 0.6 is 0 Å². The Balaban J connectivity index is 1.56. The van der Waals surface area contributed by atoms with Gasteiger partial charge in [-0.1, -0.05) is 25.5 Å². The molecule has 1 aliphatic heterocycles. The number of fused-ring (bicyclic) bond motifs is 7. The topological polar surface area (TPSA) is 102 Å². The van der Waals surface area contributed by atoms with Crippen molar-refractivity contribution >= 4 is 23.4 Å². The first-order valence-electron chi connectivity index (χ1n) is 11.5. The van der Waals surface area contributed by atoms with Crippen molar-refractivity contribution in [2.45, 2.75) is 71.1 Å². The van der Waals surface area contributed by atoms with E-state index < -0.39 is 29.1 Å². The molecule has 5 rings (SSSR count). The van der Waals surface area contributed by atoms with Crippen molar-refractivity contribution in [2.24, 2.45) is 33.6 Å². The highest BCUT2D eigenvalue weighted by atomic mass is 16.5. The van der Waals surface area contributed by atoms with Gasteiger partial charge in [0, 0.05) is 30.6 Å². The van der Waals surface area contributed by atoms with Gasteiger partial charge >= 0.3 is 5.97 Å². The van der Waals surface area contributed by atoms with Crippen LogP contribution in [0.1, 0.15) is 53.4 Å². The maximum atomic E-state index is 13.5. The molecule has 8 atom stereocenters. The highest BCUT2D eigenvalue weighted by Gasteiger charge is 2.74. The first-order chi connectivity index (χ1) is 15.0. The van der Waals surface area contributed by atoms with Gasteiger partial charge in [-0.3, -0.25) is 14.4 Å². The van der Waals surface area contributed by atoms with Gasteiger partial charge in [-0.25, -0.2) is 4.99 Å². The fraction of sp³-hybridized carbons (Fsp3) is 0.680. The lowest BCUT2D eigenvalue weighted by Gasteiger charge is -2.59. The molecule has 0 aromatic rings. The smallest absolute Gasteiger partial charge is 0.303 e. The third-order valence-electron chi connectivity index (χ3n) is 9.17. The molecule has 0 amide bonds. The minimum Gasteiger partial charge on any atom is -0.475 e. The summed E-state index contributed by atoms with van der Waals surface area (Å²) in [6.07, 6.45) is 7.01. The van der Waals surface area contributed by atoms with Gasteiger partial charge in [0.2, 0.25) is 5.78 Å². The van der Waals surface area contributed by atoms with E-state index in [0.717, 1.165) is 18.4 Å². The van der Waals surface area contributed by atoms with E-state index in [1.165, 1.54) is 6.92 Å². The third-order valence-corrected chi connectivity index (χ3v) is 9.17. The number of aliphatic imine (C=N–C) groups is 1. The molecule has 4 aliphatic carbocycles. The highest BCUT2D eigenvalue weighted by molar-refractivity contribution is 6.01. The fourth-order valence-corrected chi connectivity index (χ4v) is 7.97. The maximum Gasteiger partial charge on any atom is 0.303 e. The number of carbonyl (C=O) groups is 3. The summed E-state index contributed by atoms with van der Waals surface area (Å²) in [5, 5.41) is 11.6. The number of Topliss-reactive ketones (excluding diaryl/α,β-unsaturated/α-hetero) is 1. The molecule has 7 heteroatoms. The largest absolute Gasteiger partial charge is 0.475 e. The van der Waals surface area contributed by atoms with Crippen molar-refractivity contribution in [3.8, 4) is 0 Å². The molecule has 0 radical (unpaired) electrons. The van der Waals surface area contributed by atoms with Crippen LogP contribution in [0.4, 0.5) is 0 Å². The summed E-state index contributed by atoms with van der Waals surface area (Å²) in [6.45, 7) is 6.88. The van der Waals surface area contributed by atoms with Gasteiger partial charge in [-0.2, -0.15) is 0 Å². The summed E-state index contributed by atoms with van der Waals surface area (Å²) in [7, 11) is 0. The molecule has 0 aromatic heterocycles. The van der Waals surface area contributed by atoms with Gasteiger partial charge in [0.05, 0.1) is 6.10 Å². The Morgan fingerprint density at radius 1 is 1.34 bits per heavy atom. The molecule has 5 aliphatic rings. The SMILES string of the molecule is CC(=O)OCC(=O)[C@]12N=C(C)O[C@@H]1C[C@H]1[C@@H]3CCC4=CC(=O)C=C[C@]4(C)[C@@H]3[C@H](O)C[C@@]12C. The van der Waals surface area contributed by atoms with Crippen LogP contribution in [-0.4, -0.2) is 52.9 Å². The van der Waals surface area contributed by atoms with Crippen molar-refractivity contribution in [1.29, 1.82) is 0 Å². The quantitative estimate of drug-likeness (QED) is 0.676. The van der Waals surface area contributed by atoms with E-state index in [2.05, 4.69) is 13.8 Å². The summed E-state index contributed by atoms with van der Waals surface area (Å²) in [4.78, 5) is 41.7. The molecule has 1 heterocycles. The lowest BCUT2D eigenvalue weighted by atomic mass is 9.46. The van der Waals surface area contributed by atoms with Crippen LogP contribution in [0.25, 0.3) is 0 Å². The molecule has 3 fully saturated rings. The Hall–Kier alpha value is -2.28. The molecular weight excluding hydrogens is 410 g/mol. The van der Waals surface area contributed by atoms with E-state index in [1.807, 2.05) is 6.08 Å². The minimum atomic E-state index is -1.15. The Morgan fingerprint density at radius 2 is 2.09 bits per heavy atom. The first-order valence-corrected chi connectivity index (χ1v) is 11.5. The third kappa shape index (κ3) is 2.63. The Labute approximate surface area is 187 Å². The minimum absolute atomic E-state index is 0.00898. The van der Waals surface area contributed by atoms with E-state index in [4.69, 9.17) is 14.5 Å². The number of ether oxygens (including phenoxy) is 2. The van der Waals surface area contributed by atoms with Crippen LogP contribution < -0.4 is 0 Å². The van der Waals surface area contributed by atoms with Gasteiger partial charge in [0.1, 0.15) is 6.10 Å². The predicted molar refractivity (Wildman–Crippen MR) is 116 cm³/mol. The fourth-order valence-electron chi connectivity index (χ4n) is 7.97. The number of nitrogens with zero attached hydrogens (tertiary/aromatic N) is 1. The van der Waals surface area contributed by atoms with E-state index in [-0.39, 0.29) is 41.3 Å². The number of aliphatic hydroxyl groups is 1. The van der Waals surface area contributed by atoms with E-state index in [0.29, 0.717) is 18.7 Å². The van der Waals surface area contributed by atoms with Gasteiger partial charge in [0.25, 0.3) is 0 Å². The van der Waals surface area contributed by atoms with Gasteiger partial charge in [-0.15, -0.1) is 0 Å². The van der Waals surface area contributed by atoms with Crippen LogP contribution in [0.2, 0.25) is 0 Å². The predicted octanol–water partition coefficient (Wildman–Crippen LogP) is 2.56. The standard InChI is InChI=1S/C25H31NO6/c1-13-26-25(20(30)12-31-14(2)27)21(32-13)10-18-17-6-5-15-9-16(28)7-8-23(15,3)22(17)19(29)11-24(18,25)4/h7-9,17-19,21-22,29H,5-6,10-12H2,1-4H3/t17-,18-,19+,21+,22-,23-,24-,25-/m0/s1. The molecule has 0 unspecified atom stereocenters. The molecule has 3 saturated carbocycles. The molecule has 172 valence electrons. The lowest BCUT2D eigenvalue weighted by molar-refractivity contribution is -0.155. The Kier molecular flexibility index (Phi) is 4.62. The number of rotatable bonds is 3. The second-order valence-electron chi connectivity index (χ2n) is 10.7. The zero-order valence-electron chi connectivity index (χ0n) is 19.1. The van der Waals surface area contributed by atoms with Crippen LogP contribution in [0.5, 0.6) is 0 Å². The number of ketones is 2. The highest BCUT2D eigenvalue weighted by Crippen LogP contribution is 2.69. The first kappa shape index (κ1) is 21.6. The number of aliphatic hydroxyl groups excluding tert-OH is 1. The Bertz CT molecular complexity index is 996. The average molecular weight is 442 g/mol. The van der Waals surface area contributed by atoms with E-state index in [9.17, 15) is 19.5 Å². The van der Waals surface area contributed by atoms with Crippen LogP contribution in [0.15, 0.2) is 28.8 Å². The Morgan fingerprint density at radius 3 is 2.81 bits per heavy atom. The summed E-state index contributed by atoms with van der Waals surface area (Å²) in [5.41, 5.74) is -1.04. The average Bonchev–Trinajstić information content (AvgIpc) is 3.17. The number of hydrogen-bond donors (Lipinski definition) is 1. The van der Waals surface area contributed by atoms with Crippen LogP contribution in [0, 0.1) is 28.6 Å². The number of allylic oxidation sites excluding steroid dienone is 4. The molecular formula is C25H31NO6.